The minimum absolute atomic E-state index is 0.261. The first-order valence-electron chi connectivity index (χ1n) is 4.73. The average Bonchev–Trinajstić information content (AvgIpc) is 2.77. The van der Waals surface area contributed by atoms with Crippen molar-refractivity contribution in [1.29, 1.82) is 0 Å². The maximum Gasteiger partial charge on any atom is 0.286 e. The van der Waals surface area contributed by atoms with Crippen molar-refractivity contribution >= 4 is 39.8 Å². The summed E-state index contributed by atoms with van der Waals surface area (Å²) in [5.74, 6) is -0.295. The Morgan fingerprint density at radius 3 is 2.59 bits per heavy atom. The van der Waals surface area contributed by atoms with Crippen molar-refractivity contribution in [3.05, 3.63) is 29.3 Å². The van der Waals surface area contributed by atoms with E-state index in [1.807, 2.05) is 30.5 Å². The van der Waals surface area contributed by atoms with Gasteiger partial charge < -0.3 is 11.1 Å². The van der Waals surface area contributed by atoms with Gasteiger partial charge in [0.25, 0.3) is 5.91 Å². The van der Waals surface area contributed by atoms with Gasteiger partial charge in [0.2, 0.25) is 10.1 Å². The Labute approximate surface area is 106 Å². The fourth-order valence-electron chi connectivity index (χ4n) is 1.19. The molecule has 88 valence electrons. The number of nitrogens with zero attached hydrogens (tertiary/aromatic N) is 2. The van der Waals surface area contributed by atoms with Crippen molar-refractivity contribution in [2.75, 3.05) is 17.3 Å². The van der Waals surface area contributed by atoms with Crippen molar-refractivity contribution in [2.24, 2.45) is 0 Å². The number of thioether (sulfide) groups is 1. The highest BCUT2D eigenvalue weighted by Crippen LogP contribution is 2.18. The van der Waals surface area contributed by atoms with Gasteiger partial charge in [-0.25, -0.2) is 0 Å². The van der Waals surface area contributed by atoms with E-state index in [9.17, 15) is 4.79 Å². The third-order valence-corrected chi connectivity index (χ3v) is 3.48. The number of amides is 1. The molecule has 1 aromatic heterocycles. The smallest absolute Gasteiger partial charge is 0.286 e. The van der Waals surface area contributed by atoms with Crippen LogP contribution in [0.3, 0.4) is 0 Å². The van der Waals surface area contributed by atoms with E-state index in [2.05, 4.69) is 15.5 Å². The van der Waals surface area contributed by atoms with E-state index in [0.29, 0.717) is 0 Å². The lowest BCUT2D eigenvalue weighted by atomic mass is 10.3. The summed E-state index contributed by atoms with van der Waals surface area (Å²) in [4.78, 5) is 12.9. The van der Waals surface area contributed by atoms with Crippen molar-refractivity contribution in [3.8, 4) is 0 Å². The molecule has 0 radical (unpaired) electrons. The molecule has 0 saturated heterocycles. The number of nitrogens with one attached hydrogen (secondary N) is 1. The third-order valence-electron chi connectivity index (χ3n) is 1.98. The lowest BCUT2D eigenvalue weighted by molar-refractivity contribution is 0.102. The molecule has 0 atom stereocenters. The lowest BCUT2D eigenvalue weighted by Gasteiger charge is -2.03. The summed E-state index contributed by atoms with van der Waals surface area (Å²) < 4.78 is 0. The maximum absolute atomic E-state index is 11.7. The third kappa shape index (κ3) is 2.95. The van der Waals surface area contributed by atoms with E-state index in [1.54, 1.807) is 11.8 Å². The number of rotatable bonds is 3. The first kappa shape index (κ1) is 11.9. The Morgan fingerprint density at radius 1 is 1.35 bits per heavy atom. The number of benzene rings is 1. The number of aromatic nitrogens is 2. The van der Waals surface area contributed by atoms with Gasteiger partial charge in [0.05, 0.1) is 0 Å². The molecule has 3 N–H and O–H groups in total. The first-order valence-corrected chi connectivity index (χ1v) is 6.77. The fourth-order valence-corrected chi connectivity index (χ4v) is 2.10. The average molecular weight is 266 g/mol. The van der Waals surface area contributed by atoms with Crippen molar-refractivity contribution in [1.82, 2.24) is 10.2 Å². The predicted octanol–water partition coefficient (Wildman–Crippen LogP) is 2.09. The molecule has 2 rings (SSSR count). The normalized spacial score (nSPS) is 10.2. The van der Waals surface area contributed by atoms with E-state index in [1.165, 1.54) is 0 Å². The Balaban J connectivity index is 2.07. The molecule has 1 heterocycles. The maximum atomic E-state index is 11.7. The highest BCUT2D eigenvalue weighted by molar-refractivity contribution is 7.98. The molecule has 17 heavy (non-hydrogen) atoms. The van der Waals surface area contributed by atoms with E-state index in [4.69, 9.17) is 5.73 Å². The second-order valence-electron chi connectivity index (χ2n) is 3.13. The van der Waals surface area contributed by atoms with Gasteiger partial charge in [0.1, 0.15) is 0 Å². The molecule has 0 aliphatic heterocycles. The standard InChI is InChI=1S/C10H10N4OS2/c1-16-7-4-2-6(3-5-7)12-8(15)9-13-14-10(11)17-9/h2-5H,1H3,(H2,11,14)(H,12,15). The number of hydrogen-bond acceptors (Lipinski definition) is 6. The molecule has 0 aliphatic carbocycles. The summed E-state index contributed by atoms with van der Waals surface area (Å²) in [6, 6.07) is 7.56. The highest BCUT2D eigenvalue weighted by atomic mass is 32.2. The summed E-state index contributed by atoms with van der Waals surface area (Å²) in [5.41, 5.74) is 6.13. The van der Waals surface area contributed by atoms with Gasteiger partial charge in [-0.3, -0.25) is 4.79 Å². The second-order valence-corrected chi connectivity index (χ2v) is 5.02. The molecule has 2 aromatic rings. The first-order chi connectivity index (χ1) is 8.19. The summed E-state index contributed by atoms with van der Waals surface area (Å²) in [6.45, 7) is 0. The number of nitrogens with two attached hydrogens (primary N) is 1. The predicted molar refractivity (Wildman–Crippen MR) is 70.5 cm³/mol. The van der Waals surface area contributed by atoms with Crippen LogP contribution in [0.5, 0.6) is 0 Å². The van der Waals surface area contributed by atoms with Crippen LogP contribution in [-0.2, 0) is 0 Å². The molecular formula is C10H10N4OS2. The second kappa shape index (κ2) is 5.15. The van der Waals surface area contributed by atoms with Gasteiger partial charge in [0, 0.05) is 10.6 Å². The number of nitrogen functional groups attached to an aromatic ring is 1. The van der Waals surface area contributed by atoms with Gasteiger partial charge in [-0.1, -0.05) is 11.3 Å². The Kier molecular flexibility index (Phi) is 3.60. The number of carbonyl (C=O) groups is 1. The van der Waals surface area contributed by atoms with E-state index >= 15 is 0 Å². The van der Waals surface area contributed by atoms with Gasteiger partial charge in [-0.2, -0.15) is 0 Å². The van der Waals surface area contributed by atoms with Crippen LogP contribution in [0.15, 0.2) is 29.2 Å². The van der Waals surface area contributed by atoms with Crippen LogP contribution < -0.4 is 11.1 Å². The molecule has 5 nitrogen and oxygen atoms in total. The van der Waals surface area contributed by atoms with Crippen molar-refractivity contribution in [2.45, 2.75) is 4.90 Å². The number of anilines is 2. The zero-order valence-corrected chi connectivity index (χ0v) is 10.6. The van der Waals surface area contributed by atoms with Gasteiger partial charge in [-0.15, -0.1) is 22.0 Å². The molecule has 7 heteroatoms. The Hall–Kier alpha value is -1.60. The summed E-state index contributed by atoms with van der Waals surface area (Å²) in [6.07, 6.45) is 2.00. The minimum Gasteiger partial charge on any atom is -0.374 e. The molecule has 0 aliphatic rings. The van der Waals surface area contributed by atoms with Gasteiger partial charge >= 0.3 is 0 Å². The van der Waals surface area contributed by atoms with E-state index < -0.39 is 0 Å². The number of carbonyl (C=O) groups excluding carboxylic acids is 1. The van der Waals surface area contributed by atoms with Gasteiger partial charge in [0.15, 0.2) is 0 Å². The van der Waals surface area contributed by atoms with Gasteiger partial charge in [-0.05, 0) is 30.5 Å². The molecule has 1 amide bonds. The molecule has 0 fully saturated rings. The summed E-state index contributed by atoms with van der Waals surface area (Å²) >= 11 is 2.71. The summed E-state index contributed by atoms with van der Waals surface area (Å²) in [5, 5.41) is 10.5. The molecule has 0 saturated carbocycles. The zero-order valence-electron chi connectivity index (χ0n) is 9.01. The highest BCUT2D eigenvalue weighted by Gasteiger charge is 2.11. The topological polar surface area (TPSA) is 80.9 Å². The van der Waals surface area contributed by atoms with Crippen LogP contribution in [0.25, 0.3) is 0 Å². The monoisotopic (exact) mass is 266 g/mol. The lowest BCUT2D eigenvalue weighted by Crippen LogP contribution is -2.11. The molecule has 0 spiro atoms. The molecule has 0 bridgehead atoms. The van der Waals surface area contributed by atoms with E-state index in [0.717, 1.165) is 21.9 Å². The Bertz CT molecular complexity index is 523. The quantitative estimate of drug-likeness (QED) is 0.831. The molecular weight excluding hydrogens is 256 g/mol. The Morgan fingerprint density at radius 2 is 2.06 bits per heavy atom. The largest absolute Gasteiger partial charge is 0.374 e. The van der Waals surface area contributed by atoms with Crippen LogP contribution >= 0.6 is 23.1 Å². The van der Waals surface area contributed by atoms with Crippen molar-refractivity contribution < 1.29 is 4.79 Å². The van der Waals surface area contributed by atoms with Crippen LogP contribution in [-0.4, -0.2) is 22.4 Å². The van der Waals surface area contributed by atoms with Crippen LogP contribution in [0.2, 0.25) is 0 Å². The SMILES string of the molecule is CSc1ccc(NC(=O)c2nnc(N)s2)cc1. The minimum atomic E-state index is -0.295. The van der Waals surface area contributed by atoms with Crippen LogP contribution in [0, 0.1) is 0 Å². The van der Waals surface area contributed by atoms with Crippen LogP contribution in [0.4, 0.5) is 10.8 Å². The summed E-state index contributed by atoms with van der Waals surface area (Å²) in [7, 11) is 0. The molecule has 1 aromatic carbocycles. The fraction of sp³-hybridized carbons (Fsp3) is 0.100. The zero-order chi connectivity index (χ0) is 12.3. The van der Waals surface area contributed by atoms with Crippen LogP contribution in [0.1, 0.15) is 9.80 Å². The molecule has 0 unspecified atom stereocenters. The number of hydrogen-bond donors (Lipinski definition) is 2. The van der Waals surface area contributed by atoms with Crippen molar-refractivity contribution in [3.63, 3.8) is 0 Å². The van der Waals surface area contributed by atoms with E-state index in [-0.39, 0.29) is 16.0 Å².